The van der Waals surface area contributed by atoms with Gasteiger partial charge in [-0.1, -0.05) is 26.0 Å². The van der Waals surface area contributed by atoms with E-state index in [1.54, 1.807) is 17.0 Å². The summed E-state index contributed by atoms with van der Waals surface area (Å²) in [4.78, 5) is 28.8. The average molecular weight is 505 g/mol. The van der Waals surface area contributed by atoms with Crippen molar-refractivity contribution >= 4 is 41.5 Å². The fourth-order valence-electron chi connectivity index (χ4n) is 2.24. The Morgan fingerprint density at radius 3 is 2.29 bits per heavy atom. The molecule has 0 spiro atoms. The van der Waals surface area contributed by atoms with E-state index in [4.69, 9.17) is 0 Å². The van der Waals surface area contributed by atoms with E-state index in [2.05, 4.69) is 29.5 Å². The number of halogens is 1. The summed E-state index contributed by atoms with van der Waals surface area (Å²) >= 11 is 0. The van der Waals surface area contributed by atoms with Gasteiger partial charge in [-0.25, -0.2) is 4.99 Å². The Morgan fingerprint density at radius 2 is 1.82 bits per heavy atom. The van der Waals surface area contributed by atoms with Gasteiger partial charge in [0.2, 0.25) is 5.91 Å². The van der Waals surface area contributed by atoms with Crippen LogP contribution in [-0.4, -0.2) is 47.4 Å². The van der Waals surface area contributed by atoms with Crippen LogP contribution < -0.4 is 10.6 Å². The van der Waals surface area contributed by atoms with Gasteiger partial charge in [-0.05, 0) is 32.3 Å². The molecule has 0 bridgehead atoms. The van der Waals surface area contributed by atoms with E-state index in [1.165, 1.54) is 12.1 Å². The van der Waals surface area contributed by atoms with Gasteiger partial charge in [-0.3, -0.25) is 14.9 Å². The second kappa shape index (κ2) is 11.8. The van der Waals surface area contributed by atoms with Gasteiger partial charge < -0.3 is 15.5 Å². The maximum absolute atomic E-state index is 12.2. The van der Waals surface area contributed by atoms with Crippen LogP contribution in [0, 0.1) is 16.0 Å². The summed E-state index contributed by atoms with van der Waals surface area (Å²) in [6, 6.07) is 6.31. The molecule has 0 aromatic heterocycles. The molecule has 9 heteroatoms. The smallest absolute Gasteiger partial charge is 0.269 e. The molecule has 1 aromatic carbocycles. The van der Waals surface area contributed by atoms with Crippen molar-refractivity contribution < 1.29 is 9.72 Å². The minimum atomic E-state index is -0.426. The number of nitro benzene ring substituents is 1. The van der Waals surface area contributed by atoms with Gasteiger partial charge in [0, 0.05) is 31.3 Å². The van der Waals surface area contributed by atoms with Gasteiger partial charge in [0.1, 0.15) is 0 Å². The van der Waals surface area contributed by atoms with Crippen LogP contribution in [0.5, 0.6) is 0 Å². The molecule has 0 saturated heterocycles. The zero-order valence-corrected chi connectivity index (χ0v) is 19.8. The van der Waals surface area contributed by atoms with Crippen LogP contribution in [-0.2, 0) is 11.3 Å². The summed E-state index contributed by atoms with van der Waals surface area (Å²) in [5.74, 6) is 0.955. The van der Waals surface area contributed by atoms with Crippen molar-refractivity contribution in [3.05, 3.63) is 39.9 Å². The number of rotatable bonds is 7. The average Bonchev–Trinajstić information content (AvgIpc) is 2.52. The number of nitro groups is 1. The molecule has 8 nitrogen and oxygen atoms in total. The van der Waals surface area contributed by atoms with Gasteiger partial charge >= 0.3 is 0 Å². The van der Waals surface area contributed by atoms with Crippen molar-refractivity contribution in [1.82, 2.24) is 15.5 Å². The van der Waals surface area contributed by atoms with Crippen LogP contribution >= 0.6 is 24.0 Å². The Bertz CT molecular complexity index is 669. The molecule has 1 aromatic rings. The first kappa shape index (κ1) is 26.1. The van der Waals surface area contributed by atoms with Gasteiger partial charge in [-0.15, -0.1) is 24.0 Å². The number of benzene rings is 1. The van der Waals surface area contributed by atoms with E-state index < -0.39 is 4.92 Å². The van der Waals surface area contributed by atoms with Gasteiger partial charge in [0.15, 0.2) is 5.96 Å². The van der Waals surface area contributed by atoms with E-state index in [0.29, 0.717) is 18.4 Å². The third-order valence-electron chi connectivity index (χ3n) is 3.48. The molecule has 1 amide bonds. The largest absolute Gasteiger partial charge is 0.356 e. The highest BCUT2D eigenvalue weighted by molar-refractivity contribution is 14.0. The number of amides is 1. The molecule has 0 aliphatic heterocycles. The van der Waals surface area contributed by atoms with Crippen molar-refractivity contribution in [3.8, 4) is 0 Å². The number of carbonyl (C=O) groups is 1. The first-order valence-electron chi connectivity index (χ1n) is 9.01. The molecule has 0 saturated carbocycles. The van der Waals surface area contributed by atoms with Crippen molar-refractivity contribution in [2.24, 2.45) is 10.9 Å². The molecule has 2 N–H and O–H groups in total. The predicted molar refractivity (Wildman–Crippen MR) is 123 cm³/mol. The van der Waals surface area contributed by atoms with E-state index in [9.17, 15) is 14.9 Å². The number of non-ortho nitro benzene ring substituents is 1. The summed E-state index contributed by atoms with van der Waals surface area (Å²) in [5.41, 5.74) is 0.619. The number of likely N-dealkylation sites (N-methyl/N-ethyl adjacent to an activating group) is 1. The zero-order valence-electron chi connectivity index (χ0n) is 17.5. The Kier molecular flexibility index (Phi) is 11.0. The maximum atomic E-state index is 12.2. The summed E-state index contributed by atoms with van der Waals surface area (Å²) in [7, 11) is 1.81. The molecular formula is C19H32IN5O3. The number of hydrogen-bond donors (Lipinski definition) is 2. The number of nitrogens with one attached hydrogen (secondary N) is 2. The number of aliphatic imine (C=N–C) groups is 1. The molecule has 0 radical (unpaired) electrons. The Balaban J connectivity index is 0.00000729. The number of nitrogens with zero attached hydrogens (tertiary/aromatic N) is 3. The Labute approximate surface area is 184 Å². The molecule has 28 heavy (non-hydrogen) atoms. The van der Waals surface area contributed by atoms with Gasteiger partial charge in [0.05, 0.1) is 18.0 Å². The molecular weight excluding hydrogens is 473 g/mol. The van der Waals surface area contributed by atoms with Crippen molar-refractivity contribution in [2.75, 3.05) is 20.1 Å². The summed E-state index contributed by atoms with van der Waals surface area (Å²) in [6.07, 6.45) is 0. The first-order valence-corrected chi connectivity index (χ1v) is 9.01. The third kappa shape index (κ3) is 10.4. The first-order chi connectivity index (χ1) is 12.5. The van der Waals surface area contributed by atoms with E-state index in [-0.39, 0.29) is 47.7 Å². The van der Waals surface area contributed by atoms with Crippen molar-refractivity contribution in [1.29, 1.82) is 0 Å². The molecule has 0 aliphatic carbocycles. The van der Waals surface area contributed by atoms with E-state index in [0.717, 1.165) is 12.1 Å². The van der Waals surface area contributed by atoms with Crippen LogP contribution in [0.4, 0.5) is 5.69 Å². The monoisotopic (exact) mass is 505 g/mol. The molecule has 0 aliphatic rings. The van der Waals surface area contributed by atoms with Gasteiger partial charge in [0.25, 0.3) is 5.69 Å². The second-order valence-corrected chi connectivity index (χ2v) is 7.99. The summed E-state index contributed by atoms with van der Waals surface area (Å²) < 4.78 is 0. The molecule has 0 heterocycles. The molecule has 1 rings (SSSR count). The standard InChI is InChI=1S/C19H31N5O3.HI/c1-14(2)11-20-18(23(6)13-17(25)22-19(3,4)5)21-12-15-7-9-16(10-8-15)24(26)27;/h7-10,14H,11-13H2,1-6H3,(H,20,21)(H,22,25);1H. The van der Waals surface area contributed by atoms with Crippen LogP contribution in [0.2, 0.25) is 0 Å². The van der Waals surface area contributed by atoms with Crippen molar-refractivity contribution in [3.63, 3.8) is 0 Å². The topological polar surface area (TPSA) is 99.9 Å². The molecule has 0 unspecified atom stereocenters. The van der Waals surface area contributed by atoms with Crippen LogP contribution in [0.15, 0.2) is 29.3 Å². The lowest BCUT2D eigenvalue weighted by Crippen LogP contribution is -2.49. The van der Waals surface area contributed by atoms with E-state index >= 15 is 0 Å². The number of hydrogen-bond acceptors (Lipinski definition) is 4. The second-order valence-electron chi connectivity index (χ2n) is 7.99. The lowest BCUT2D eigenvalue weighted by Gasteiger charge is -2.26. The highest BCUT2D eigenvalue weighted by atomic mass is 127. The summed E-state index contributed by atoms with van der Waals surface area (Å²) in [6.45, 7) is 11.3. The Morgan fingerprint density at radius 1 is 1.25 bits per heavy atom. The maximum Gasteiger partial charge on any atom is 0.269 e. The molecule has 0 atom stereocenters. The minimum Gasteiger partial charge on any atom is -0.356 e. The minimum absolute atomic E-state index is 0. The zero-order chi connectivity index (χ0) is 20.6. The quantitative estimate of drug-likeness (QED) is 0.195. The summed E-state index contributed by atoms with van der Waals surface area (Å²) in [5, 5.41) is 16.9. The fraction of sp³-hybridized carbons (Fsp3) is 0.579. The Hall–Kier alpha value is -1.91. The van der Waals surface area contributed by atoms with E-state index in [1.807, 2.05) is 27.8 Å². The highest BCUT2D eigenvalue weighted by Crippen LogP contribution is 2.12. The lowest BCUT2D eigenvalue weighted by molar-refractivity contribution is -0.384. The molecule has 0 fully saturated rings. The predicted octanol–water partition coefficient (Wildman–Crippen LogP) is 3.16. The highest BCUT2D eigenvalue weighted by Gasteiger charge is 2.17. The van der Waals surface area contributed by atoms with Crippen LogP contribution in [0.3, 0.4) is 0 Å². The number of carbonyl (C=O) groups excluding carboxylic acids is 1. The number of guanidine groups is 1. The van der Waals surface area contributed by atoms with Gasteiger partial charge in [-0.2, -0.15) is 0 Å². The third-order valence-corrected chi connectivity index (χ3v) is 3.48. The van der Waals surface area contributed by atoms with Crippen molar-refractivity contribution in [2.45, 2.75) is 46.7 Å². The van der Waals surface area contributed by atoms with Crippen LogP contribution in [0.1, 0.15) is 40.2 Å². The SMILES string of the molecule is CC(C)CNC(=NCc1ccc([N+](=O)[O-])cc1)N(C)CC(=O)NC(C)(C)C.I. The van der Waals surface area contributed by atoms with Crippen LogP contribution in [0.25, 0.3) is 0 Å². The fourth-order valence-corrected chi connectivity index (χ4v) is 2.24. The normalized spacial score (nSPS) is 11.6. The molecule has 158 valence electrons. The lowest BCUT2D eigenvalue weighted by atomic mass is 10.1.